The number of nitrogens with one attached hydrogen (secondary N) is 1. The molecule has 24 heavy (non-hydrogen) atoms. The Bertz CT molecular complexity index is 674. The Kier molecular flexibility index (Phi) is 5.25. The molecule has 3 heterocycles. The minimum atomic E-state index is 0.0403. The average Bonchev–Trinajstić information content (AvgIpc) is 2.95. The fraction of sp³-hybridized carbons (Fsp3) is 0.500. The first-order valence-corrected chi connectivity index (χ1v) is 8.57. The Balaban J connectivity index is 1.42. The van der Waals surface area contributed by atoms with Gasteiger partial charge >= 0.3 is 0 Å². The Morgan fingerprint density at radius 2 is 2.04 bits per heavy atom. The van der Waals surface area contributed by atoms with Crippen LogP contribution in [0.25, 0.3) is 0 Å². The molecule has 3 rings (SSSR count). The molecule has 1 saturated heterocycles. The summed E-state index contributed by atoms with van der Waals surface area (Å²) < 4.78 is 2.18. The van der Waals surface area contributed by atoms with Crippen molar-refractivity contribution in [3.05, 3.63) is 47.8 Å². The molecular formula is C18H25N5O. The van der Waals surface area contributed by atoms with E-state index in [1.165, 1.54) is 5.69 Å². The average molecular weight is 327 g/mol. The summed E-state index contributed by atoms with van der Waals surface area (Å²) in [5.74, 6) is 0.0403. The normalized spacial score (nSPS) is 15.7. The Morgan fingerprint density at radius 1 is 1.25 bits per heavy atom. The summed E-state index contributed by atoms with van der Waals surface area (Å²) in [6.45, 7) is 7.57. The van der Waals surface area contributed by atoms with E-state index in [1.54, 1.807) is 12.3 Å². The number of hydrogen-bond donors (Lipinski definition) is 1. The van der Waals surface area contributed by atoms with E-state index in [9.17, 15) is 4.79 Å². The van der Waals surface area contributed by atoms with Crippen molar-refractivity contribution in [3.8, 4) is 0 Å². The number of carbonyl (C=O) groups excluding carboxylic acids is 1. The summed E-state index contributed by atoms with van der Waals surface area (Å²) in [6, 6.07) is 5.94. The number of aryl methyl sites for hydroxylation is 1. The van der Waals surface area contributed by atoms with Crippen molar-refractivity contribution in [2.45, 2.75) is 39.3 Å². The van der Waals surface area contributed by atoms with E-state index >= 15 is 0 Å². The van der Waals surface area contributed by atoms with E-state index in [1.807, 2.05) is 30.3 Å². The van der Waals surface area contributed by atoms with Gasteiger partial charge in [0.05, 0.1) is 12.0 Å². The first kappa shape index (κ1) is 16.6. The third-order valence-corrected chi connectivity index (χ3v) is 4.80. The van der Waals surface area contributed by atoms with Crippen LogP contribution in [0.2, 0.25) is 0 Å². The van der Waals surface area contributed by atoms with Gasteiger partial charge in [-0.05, 0) is 38.8 Å². The lowest BCUT2D eigenvalue weighted by Gasteiger charge is -2.32. The van der Waals surface area contributed by atoms with Crippen LogP contribution in [0.3, 0.4) is 0 Å². The molecule has 128 valence electrons. The standard InChI is InChI=1S/C18H25N5O/c1-14-15(2)23(13-21-14)12-9-19-16-6-10-22(11-7-16)18(24)17-5-3-4-8-20-17/h3-5,8,13,16,19H,6-7,9-12H2,1-2H3. The molecular weight excluding hydrogens is 302 g/mol. The van der Waals surface area contributed by atoms with Crippen molar-refractivity contribution in [2.24, 2.45) is 0 Å². The van der Waals surface area contributed by atoms with Gasteiger partial charge in [-0.25, -0.2) is 4.98 Å². The minimum absolute atomic E-state index is 0.0403. The maximum atomic E-state index is 12.4. The number of pyridine rings is 1. The van der Waals surface area contributed by atoms with Crippen molar-refractivity contribution in [3.63, 3.8) is 0 Å². The van der Waals surface area contributed by atoms with Crippen LogP contribution in [-0.2, 0) is 6.54 Å². The van der Waals surface area contributed by atoms with Crippen LogP contribution in [0.5, 0.6) is 0 Å². The quantitative estimate of drug-likeness (QED) is 0.909. The highest BCUT2D eigenvalue weighted by atomic mass is 16.2. The first-order chi connectivity index (χ1) is 11.6. The molecule has 2 aromatic heterocycles. The summed E-state index contributed by atoms with van der Waals surface area (Å²) >= 11 is 0. The molecule has 1 aliphatic rings. The molecule has 0 bridgehead atoms. The number of piperidine rings is 1. The fourth-order valence-corrected chi connectivity index (χ4v) is 3.10. The molecule has 0 spiro atoms. The summed E-state index contributed by atoms with van der Waals surface area (Å²) in [6.07, 6.45) is 5.54. The summed E-state index contributed by atoms with van der Waals surface area (Å²) in [5, 5.41) is 3.60. The molecule has 0 aliphatic carbocycles. The predicted octanol–water partition coefficient (Wildman–Crippen LogP) is 1.79. The van der Waals surface area contributed by atoms with Gasteiger partial charge in [0.1, 0.15) is 5.69 Å². The Hall–Kier alpha value is -2.21. The molecule has 1 N–H and O–H groups in total. The highest BCUT2D eigenvalue weighted by Gasteiger charge is 2.23. The highest BCUT2D eigenvalue weighted by molar-refractivity contribution is 5.92. The number of aromatic nitrogens is 3. The number of imidazole rings is 1. The van der Waals surface area contributed by atoms with Gasteiger partial charge < -0.3 is 14.8 Å². The van der Waals surface area contributed by atoms with E-state index in [0.29, 0.717) is 11.7 Å². The second kappa shape index (κ2) is 7.57. The van der Waals surface area contributed by atoms with Crippen molar-refractivity contribution >= 4 is 5.91 Å². The summed E-state index contributed by atoms with van der Waals surface area (Å²) in [4.78, 5) is 22.8. The molecule has 1 aliphatic heterocycles. The van der Waals surface area contributed by atoms with Crippen LogP contribution in [0.15, 0.2) is 30.7 Å². The summed E-state index contributed by atoms with van der Waals surface area (Å²) in [5.41, 5.74) is 2.86. The van der Waals surface area contributed by atoms with Crippen molar-refractivity contribution < 1.29 is 4.79 Å². The number of nitrogens with zero attached hydrogens (tertiary/aromatic N) is 4. The predicted molar refractivity (Wildman–Crippen MR) is 92.9 cm³/mol. The largest absolute Gasteiger partial charge is 0.337 e. The zero-order chi connectivity index (χ0) is 16.9. The zero-order valence-corrected chi connectivity index (χ0v) is 14.4. The van der Waals surface area contributed by atoms with Crippen LogP contribution in [0.4, 0.5) is 0 Å². The lowest BCUT2D eigenvalue weighted by atomic mass is 10.0. The second-order valence-electron chi connectivity index (χ2n) is 6.34. The fourth-order valence-electron chi connectivity index (χ4n) is 3.10. The van der Waals surface area contributed by atoms with Gasteiger partial charge in [-0.15, -0.1) is 0 Å². The Labute approximate surface area is 142 Å². The van der Waals surface area contributed by atoms with Crippen LogP contribution < -0.4 is 5.32 Å². The van der Waals surface area contributed by atoms with Crippen LogP contribution in [0.1, 0.15) is 34.7 Å². The molecule has 0 atom stereocenters. The van der Waals surface area contributed by atoms with Crippen molar-refractivity contribution in [1.82, 2.24) is 24.8 Å². The van der Waals surface area contributed by atoms with Gasteiger partial charge in [0.2, 0.25) is 0 Å². The third kappa shape index (κ3) is 3.82. The molecule has 0 saturated carbocycles. The molecule has 1 amide bonds. The van der Waals surface area contributed by atoms with Gasteiger partial charge in [-0.2, -0.15) is 0 Å². The van der Waals surface area contributed by atoms with Crippen LogP contribution in [-0.4, -0.2) is 51.0 Å². The summed E-state index contributed by atoms with van der Waals surface area (Å²) in [7, 11) is 0. The molecule has 0 aromatic carbocycles. The number of carbonyl (C=O) groups is 1. The van der Waals surface area contributed by atoms with E-state index in [4.69, 9.17) is 0 Å². The number of hydrogen-bond acceptors (Lipinski definition) is 4. The lowest BCUT2D eigenvalue weighted by molar-refractivity contribution is 0.0699. The molecule has 6 heteroatoms. The lowest BCUT2D eigenvalue weighted by Crippen LogP contribution is -2.45. The molecule has 2 aromatic rings. The van der Waals surface area contributed by atoms with Crippen molar-refractivity contribution in [2.75, 3.05) is 19.6 Å². The van der Waals surface area contributed by atoms with Gasteiger partial charge in [0, 0.05) is 44.1 Å². The number of amides is 1. The molecule has 1 fully saturated rings. The zero-order valence-electron chi connectivity index (χ0n) is 14.4. The van der Waals surface area contributed by atoms with E-state index < -0.39 is 0 Å². The van der Waals surface area contributed by atoms with E-state index in [0.717, 1.165) is 44.7 Å². The first-order valence-electron chi connectivity index (χ1n) is 8.57. The number of rotatable bonds is 5. The maximum Gasteiger partial charge on any atom is 0.272 e. The third-order valence-electron chi connectivity index (χ3n) is 4.80. The minimum Gasteiger partial charge on any atom is -0.337 e. The number of likely N-dealkylation sites (tertiary alicyclic amines) is 1. The van der Waals surface area contributed by atoms with Gasteiger partial charge in [-0.3, -0.25) is 9.78 Å². The second-order valence-corrected chi connectivity index (χ2v) is 6.34. The topological polar surface area (TPSA) is 63.1 Å². The van der Waals surface area contributed by atoms with E-state index in [-0.39, 0.29) is 5.91 Å². The van der Waals surface area contributed by atoms with Crippen molar-refractivity contribution in [1.29, 1.82) is 0 Å². The van der Waals surface area contributed by atoms with Gasteiger partial charge in [0.15, 0.2) is 0 Å². The monoisotopic (exact) mass is 327 g/mol. The molecule has 0 radical (unpaired) electrons. The van der Waals surface area contributed by atoms with Gasteiger partial charge in [-0.1, -0.05) is 6.07 Å². The SMILES string of the molecule is Cc1ncn(CCNC2CCN(C(=O)c3ccccn3)CC2)c1C. The molecule has 0 unspecified atom stereocenters. The maximum absolute atomic E-state index is 12.4. The smallest absolute Gasteiger partial charge is 0.272 e. The van der Waals surface area contributed by atoms with Gasteiger partial charge in [0.25, 0.3) is 5.91 Å². The Morgan fingerprint density at radius 3 is 2.67 bits per heavy atom. The highest BCUT2D eigenvalue weighted by Crippen LogP contribution is 2.13. The van der Waals surface area contributed by atoms with Crippen LogP contribution in [0, 0.1) is 13.8 Å². The van der Waals surface area contributed by atoms with E-state index in [2.05, 4.69) is 26.8 Å². The van der Waals surface area contributed by atoms with Crippen LogP contribution >= 0.6 is 0 Å². The molecule has 6 nitrogen and oxygen atoms in total.